The number of nitrogens with one attached hydrogen (secondary N) is 2. The van der Waals surface area contributed by atoms with Crippen molar-refractivity contribution in [1.82, 2.24) is 10.7 Å². The van der Waals surface area contributed by atoms with Crippen LogP contribution >= 0.6 is 0 Å². The number of aliphatic imine (C=N–C) groups is 1. The van der Waals surface area contributed by atoms with Gasteiger partial charge in [-0.2, -0.15) is 5.10 Å². The van der Waals surface area contributed by atoms with Crippen molar-refractivity contribution in [3.05, 3.63) is 0 Å². The normalized spacial score (nSPS) is 30.3. The van der Waals surface area contributed by atoms with Crippen LogP contribution in [-0.4, -0.2) is 25.3 Å². The molecule has 1 spiro atoms. The standard InChI is InChI=1S/C15H26N4/c1-3-7-15(8-4-1)9-5-2-6-13(15)12-18-19-14-16-10-11-17-14/h12-13H,1-11H2,(H2,16,17,19)/b18-12+. The number of hydrazone groups is 1. The second kappa shape index (κ2) is 5.93. The van der Waals surface area contributed by atoms with Crippen LogP contribution in [0.5, 0.6) is 0 Å². The van der Waals surface area contributed by atoms with Gasteiger partial charge in [0.05, 0.1) is 6.54 Å². The van der Waals surface area contributed by atoms with Gasteiger partial charge in [0.25, 0.3) is 0 Å². The summed E-state index contributed by atoms with van der Waals surface area (Å²) < 4.78 is 0. The van der Waals surface area contributed by atoms with Gasteiger partial charge >= 0.3 is 0 Å². The van der Waals surface area contributed by atoms with E-state index in [1.807, 2.05) is 0 Å². The molecule has 1 atom stereocenters. The SMILES string of the molecule is C(=N\NC1=NCCN1)/C1CCCCC12CCCCC2. The molecule has 0 aromatic rings. The molecule has 1 unspecified atom stereocenters. The van der Waals surface area contributed by atoms with E-state index in [0.717, 1.165) is 19.0 Å². The zero-order valence-corrected chi connectivity index (χ0v) is 11.8. The summed E-state index contributed by atoms with van der Waals surface area (Å²) in [4.78, 5) is 4.30. The quantitative estimate of drug-likeness (QED) is 0.594. The van der Waals surface area contributed by atoms with Crippen LogP contribution in [0.2, 0.25) is 0 Å². The molecule has 3 aliphatic rings. The van der Waals surface area contributed by atoms with Crippen molar-refractivity contribution < 1.29 is 0 Å². The summed E-state index contributed by atoms with van der Waals surface area (Å²) >= 11 is 0. The van der Waals surface area contributed by atoms with Gasteiger partial charge in [-0.15, -0.1) is 0 Å². The summed E-state index contributed by atoms with van der Waals surface area (Å²) in [5, 5.41) is 7.65. The van der Waals surface area contributed by atoms with Gasteiger partial charge in [-0.25, -0.2) is 10.4 Å². The molecule has 0 aromatic carbocycles. The highest BCUT2D eigenvalue weighted by atomic mass is 15.4. The van der Waals surface area contributed by atoms with Crippen LogP contribution in [0, 0.1) is 11.3 Å². The molecule has 1 aliphatic heterocycles. The van der Waals surface area contributed by atoms with E-state index in [9.17, 15) is 0 Å². The fourth-order valence-corrected chi connectivity index (χ4v) is 4.10. The second-order valence-corrected chi connectivity index (χ2v) is 6.32. The van der Waals surface area contributed by atoms with Gasteiger partial charge in [-0.3, -0.25) is 0 Å². The van der Waals surface area contributed by atoms with Crippen LogP contribution in [0.4, 0.5) is 0 Å². The van der Waals surface area contributed by atoms with Crippen molar-refractivity contribution in [2.45, 2.75) is 57.8 Å². The molecular formula is C15H26N4. The van der Waals surface area contributed by atoms with Crippen molar-refractivity contribution >= 4 is 12.2 Å². The summed E-state index contributed by atoms with van der Waals surface area (Å²) in [6, 6.07) is 0. The van der Waals surface area contributed by atoms with E-state index in [1.165, 1.54) is 57.8 Å². The maximum atomic E-state index is 4.46. The Bertz CT molecular complexity index is 347. The maximum Gasteiger partial charge on any atom is 0.212 e. The van der Waals surface area contributed by atoms with Gasteiger partial charge in [0.1, 0.15) is 0 Å². The smallest absolute Gasteiger partial charge is 0.212 e. The molecule has 2 aliphatic carbocycles. The van der Waals surface area contributed by atoms with Crippen LogP contribution in [0.25, 0.3) is 0 Å². The predicted octanol–water partition coefficient (Wildman–Crippen LogP) is 2.66. The van der Waals surface area contributed by atoms with Crippen LogP contribution in [0.1, 0.15) is 57.8 Å². The summed E-state index contributed by atoms with van der Waals surface area (Å²) in [7, 11) is 0. The Morgan fingerprint density at radius 2 is 1.95 bits per heavy atom. The van der Waals surface area contributed by atoms with E-state index in [-0.39, 0.29) is 0 Å². The van der Waals surface area contributed by atoms with Gasteiger partial charge < -0.3 is 5.32 Å². The van der Waals surface area contributed by atoms with Crippen molar-refractivity contribution in [2.75, 3.05) is 13.1 Å². The summed E-state index contributed by atoms with van der Waals surface area (Å²) in [6.45, 7) is 1.80. The van der Waals surface area contributed by atoms with Crippen molar-refractivity contribution in [3.63, 3.8) is 0 Å². The molecule has 1 heterocycles. The number of hydrogen-bond acceptors (Lipinski definition) is 4. The average molecular weight is 262 g/mol. The number of rotatable bonds is 2. The first-order valence-corrected chi connectivity index (χ1v) is 7.97. The Morgan fingerprint density at radius 3 is 2.68 bits per heavy atom. The van der Waals surface area contributed by atoms with E-state index >= 15 is 0 Å². The topological polar surface area (TPSA) is 48.8 Å². The van der Waals surface area contributed by atoms with E-state index in [0.29, 0.717) is 11.3 Å². The van der Waals surface area contributed by atoms with Gasteiger partial charge in [0.2, 0.25) is 5.96 Å². The lowest BCUT2D eigenvalue weighted by atomic mass is 9.60. The average Bonchev–Trinajstić information content (AvgIpc) is 2.95. The number of nitrogens with zero attached hydrogens (tertiary/aromatic N) is 2. The van der Waals surface area contributed by atoms with Crippen LogP contribution < -0.4 is 10.7 Å². The lowest BCUT2D eigenvalue weighted by molar-refractivity contribution is 0.0889. The Morgan fingerprint density at radius 1 is 1.16 bits per heavy atom. The highest BCUT2D eigenvalue weighted by Crippen LogP contribution is 2.50. The molecule has 0 bridgehead atoms. The summed E-state index contributed by atoms with van der Waals surface area (Å²) in [5.74, 6) is 1.51. The molecule has 19 heavy (non-hydrogen) atoms. The molecule has 2 fully saturated rings. The molecule has 2 N–H and O–H groups in total. The fraction of sp³-hybridized carbons (Fsp3) is 0.867. The minimum absolute atomic E-state index is 0.576. The van der Waals surface area contributed by atoms with Crippen LogP contribution in [0.15, 0.2) is 10.1 Å². The molecule has 0 radical (unpaired) electrons. The monoisotopic (exact) mass is 262 g/mol. The molecular weight excluding hydrogens is 236 g/mol. The van der Waals surface area contributed by atoms with Gasteiger partial charge in [0, 0.05) is 18.7 Å². The van der Waals surface area contributed by atoms with Gasteiger partial charge in [-0.1, -0.05) is 32.1 Å². The lowest BCUT2D eigenvalue weighted by Crippen LogP contribution is -2.37. The first-order valence-electron chi connectivity index (χ1n) is 7.97. The Balaban J connectivity index is 1.61. The zero-order valence-electron chi connectivity index (χ0n) is 11.8. The summed E-state index contributed by atoms with van der Waals surface area (Å²) in [5.41, 5.74) is 3.64. The molecule has 4 heteroatoms. The third kappa shape index (κ3) is 2.93. The largest absolute Gasteiger partial charge is 0.353 e. The molecule has 0 saturated heterocycles. The molecule has 4 nitrogen and oxygen atoms in total. The van der Waals surface area contributed by atoms with E-state index in [4.69, 9.17) is 0 Å². The third-order valence-corrected chi connectivity index (χ3v) is 5.17. The minimum atomic E-state index is 0.576. The molecule has 2 saturated carbocycles. The van der Waals surface area contributed by atoms with Crippen LogP contribution in [0.3, 0.4) is 0 Å². The Labute approximate surface area is 116 Å². The third-order valence-electron chi connectivity index (χ3n) is 5.17. The predicted molar refractivity (Wildman–Crippen MR) is 79.4 cm³/mol. The van der Waals surface area contributed by atoms with Crippen LogP contribution in [-0.2, 0) is 0 Å². The highest BCUT2D eigenvalue weighted by molar-refractivity contribution is 5.81. The Kier molecular flexibility index (Phi) is 4.04. The Hall–Kier alpha value is -1.06. The molecule has 106 valence electrons. The first kappa shape index (κ1) is 12.9. The highest BCUT2D eigenvalue weighted by Gasteiger charge is 2.40. The van der Waals surface area contributed by atoms with E-state index in [1.54, 1.807) is 0 Å². The molecule has 0 amide bonds. The molecule has 3 rings (SSSR count). The summed E-state index contributed by atoms with van der Waals surface area (Å²) in [6.07, 6.45) is 14.8. The van der Waals surface area contributed by atoms with Crippen molar-refractivity contribution in [2.24, 2.45) is 21.4 Å². The van der Waals surface area contributed by atoms with E-state index in [2.05, 4.69) is 27.1 Å². The minimum Gasteiger partial charge on any atom is -0.353 e. The van der Waals surface area contributed by atoms with Gasteiger partial charge in [-0.05, 0) is 31.1 Å². The first-order chi connectivity index (χ1) is 9.39. The van der Waals surface area contributed by atoms with Crippen molar-refractivity contribution in [3.8, 4) is 0 Å². The van der Waals surface area contributed by atoms with Crippen molar-refractivity contribution in [1.29, 1.82) is 0 Å². The zero-order chi connectivity index (χ0) is 13.0. The van der Waals surface area contributed by atoms with Gasteiger partial charge in [0.15, 0.2) is 0 Å². The fourth-order valence-electron chi connectivity index (χ4n) is 4.10. The molecule has 0 aromatic heterocycles. The van der Waals surface area contributed by atoms with E-state index < -0.39 is 0 Å². The maximum absolute atomic E-state index is 4.46. The second-order valence-electron chi connectivity index (χ2n) is 6.32. The lowest BCUT2D eigenvalue weighted by Gasteiger charge is -2.45. The number of guanidine groups is 1. The number of hydrogen-bond donors (Lipinski definition) is 2.